The van der Waals surface area contributed by atoms with Gasteiger partial charge in [-0.15, -0.1) is 0 Å². The van der Waals surface area contributed by atoms with Gasteiger partial charge < -0.3 is 43.7 Å². The van der Waals surface area contributed by atoms with E-state index in [1.165, 1.54) is 0 Å². The van der Waals surface area contributed by atoms with E-state index in [1.807, 2.05) is 48.5 Å². The van der Waals surface area contributed by atoms with Crippen LogP contribution in [0, 0.1) is 40.5 Å². The van der Waals surface area contributed by atoms with Crippen LogP contribution in [0.15, 0.2) is 170 Å². The number of nitrogens with zero attached hydrogens (tertiary/aromatic N) is 2. The molecule has 2 aromatic heterocycles. The molecule has 1 unspecified atom stereocenters. The average Bonchev–Trinajstić information content (AvgIpc) is 3.85. The van der Waals surface area contributed by atoms with Crippen molar-refractivity contribution in [2.24, 2.45) is 11.8 Å². The number of phenolic OH excluding ortho intramolecular Hbond substituents is 2. The molecule has 7 heteroatoms. The van der Waals surface area contributed by atoms with Crippen molar-refractivity contribution in [3.63, 3.8) is 0 Å². The molecule has 11 rings (SSSR count). The zero-order valence-electron chi connectivity index (χ0n) is 38.7. The summed E-state index contributed by atoms with van der Waals surface area (Å²) in [5.41, 5.74) is 11.0. The summed E-state index contributed by atoms with van der Waals surface area (Å²) in [5.74, 6) is 2.50. The Balaban J connectivity index is 0.00000203. The Morgan fingerprint density at radius 2 is 0.746 bits per heavy atom. The number of hydrogen-bond donors (Lipinski definition) is 2. The third-order valence-electron chi connectivity index (χ3n) is 13.4. The summed E-state index contributed by atoms with van der Waals surface area (Å²) in [6.07, 6.45) is 4.39. The van der Waals surface area contributed by atoms with Gasteiger partial charge in [-0.3, -0.25) is 0 Å². The number of para-hydroxylation sites is 6. The third-order valence-corrected chi connectivity index (χ3v) is 13.4. The maximum atomic E-state index is 12.2. The fourth-order valence-electron chi connectivity index (χ4n) is 10.4. The molecule has 2 heterocycles. The minimum Gasteiger partial charge on any atom is -0.505 e. The van der Waals surface area contributed by atoms with Gasteiger partial charge in [0.25, 0.3) is 0 Å². The molecule has 0 saturated heterocycles. The average molecular weight is 1050 g/mol. The van der Waals surface area contributed by atoms with E-state index in [0.29, 0.717) is 13.2 Å². The van der Waals surface area contributed by atoms with Gasteiger partial charge in [-0.05, 0) is 110 Å². The molecule has 0 aliphatic heterocycles. The van der Waals surface area contributed by atoms with E-state index in [9.17, 15) is 10.2 Å². The number of fused-ring (bicyclic) bond motifs is 6. The predicted molar refractivity (Wildman–Crippen MR) is 275 cm³/mol. The Morgan fingerprint density at radius 1 is 0.433 bits per heavy atom. The molecule has 0 bridgehead atoms. The van der Waals surface area contributed by atoms with Crippen LogP contribution < -0.4 is 9.47 Å². The fraction of sp³-hybridized carbons (Fsp3) is 0.167. The summed E-state index contributed by atoms with van der Waals surface area (Å²) in [5, 5.41) is 29.0. The van der Waals surface area contributed by atoms with Gasteiger partial charge >= 0.3 is 0 Å². The van der Waals surface area contributed by atoms with Gasteiger partial charge in [-0.25, -0.2) is 0 Å². The summed E-state index contributed by atoms with van der Waals surface area (Å²) in [6, 6.07) is 57.9. The first-order valence-corrected chi connectivity index (χ1v) is 22.5. The van der Waals surface area contributed by atoms with Crippen molar-refractivity contribution in [2.45, 2.75) is 39.5 Å². The molecule has 2 atom stereocenters. The zero-order chi connectivity index (χ0) is 43.3. The Morgan fingerprint density at radius 3 is 1.10 bits per heavy atom. The molecule has 0 amide bonds. The molecule has 6 nitrogen and oxygen atoms in total. The number of ether oxygens (including phenoxy) is 2. The van der Waals surface area contributed by atoms with Crippen LogP contribution in [-0.2, 0) is 25.8 Å². The minimum absolute atomic E-state index is 0. The topological polar surface area (TPSA) is 68.8 Å². The maximum Gasteiger partial charge on any atom is 0.147 e. The SMILES string of the molecule is Cc1cc(-c2ccccc2OCC2CCCC[C@H]2COc2ccccc2-c2cc(C)cc(-n3c4ccccc4c4ccccc43)c2O)c(O)c(-n2c3ccccc3c3ccccc32)c1.[CH3-].[CH3-].[Hf]. The van der Waals surface area contributed by atoms with Crippen molar-refractivity contribution in [3.8, 4) is 56.6 Å². The second-order valence-corrected chi connectivity index (χ2v) is 17.5. The van der Waals surface area contributed by atoms with E-state index in [0.717, 1.165) is 126 Å². The van der Waals surface area contributed by atoms with Crippen LogP contribution in [0.5, 0.6) is 23.0 Å². The molecule has 2 N–H and O–H groups in total. The number of hydrogen-bond acceptors (Lipinski definition) is 4. The van der Waals surface area contributed by atoms with E-state index >= 15 is 0 Å². The summed E-state index contributed by atoms with van der Waals surface area (Å²) < 4.78 is 18.0. The molecule has 0 spiro atoms. The largest absolute Gasteiger partial charge is 0.505 e. The second-order valence-electron chi connectivity index (χ2n) is 17.5. The molecule has 336 valence electrons. The van der Waals surface area contributed by atoms with Gasteiger partial charge in [0.05, 0.1) is 46.7 Å². The summed E-state index contributed by atoms with van der Waals surface area (Å²) >= 11 is 0. The third kappa shape index (κ3) is 8.44. The number of aromatic hydroxyl groups is 2. The second kappa shape index (κ2) is 19.7. The van der Waals surface area contributed by atoms with E-state index in [-0.39, 0.29) is 64.0 Å². The summed E-state index contributed by atoms with van der Waals surface area (Å²) in [6.45, 7) is 5.25. The normalized spacial score (nSPS) is 14.7. The van der Waals surface area contributed by atoms with Crippen molar-refractivity contribution in [1.82, 2.24) is 9.13 Å². The number of rotatable bonds is 10. The van der Waals surface area contributed by atoms with Crippen LogP contribution in [0.2, 0.25) is 0 Å². The molecule has 1 fully saturated rings. The summed E-state index contributed by atoms with van der Waals surface area (Å²) in [4.78, 5) is 0. The van der Waals surface area contributed by atoms with E-state index < -0.39 is 0 Å². The van der Waals surface area contributed by atoms with Gasteiger partial charge in [0.15, 0.2) is 0 Å². The maximum absolute atomic E-state index is 12.2. The molecule has 1 aliphatic rings. The van der Waals surface area contributed by atoms with Gasteiger partial charge in [0.2, 0.25) is 0 Å². The summed E-state index contributed by atoms with van der Waals surface area (Å²) in [7, 11) is 0. The van der Waals surface area contributed by atoms with Crippen LogP contribution in [-0.4, -0.2) is 32.6 Å². The van der Waals surface area contributed by atoms with Gasteiger partial charge in [0.1, 0.15) is 23.0 Å². The Hall–Kier alpha value is -6.57. The van der Waals surface area contributed by atoms with Crippen molar-refractivity contribution in [1.29, 1.82) is 0 Å². The van der Waals surface area contributed by atoms with Gasteiger partial charge in [-0.2, -0.15) is 0 Å². The smallest absolute Gasteiger partial charge is 0.147 e. The molecule has 67 heavy (non-hydrogen) atoms. The van der Waals surface area contributed by atoms with Crippen LogP contribution >= 0.6 is 0 Å². The van der Waals surface area contributed by atoms with Crippen LogP contribution in [0.3, 0.4) is 0 Å². The Labute approximate surface area is 412 Å². The Bertz CT molecular complexity index is 3050. The van der Waals surface area contributed by atoms with Crippen LogP contribution in [0.1, 0.15) is 36.8 Å². The van der Waals surface area contributed by atoms with Crippen molar-refractivity contribution >= 4 is 43.6 Å². The molecule has 1 saturated carbocycles. The number of phenols is 2. The first kappa shape index (κ1) is 46.9. The number of aromatic nitrogens is 2. The number of benzene rings is 8. The minimum atomic E-state index is 0. The molecule has 0 radical (unpaired) electrons. The first-order chi connectivity index (χ1) is 31.4. The Kier molecular flexibility index (Phi) is 13.8. The standard InChI is InChI=1S/C58H50N2O4.2CH3.Hf/c1-37-31-47(57(61)53(33-37)59-49-25-11-5-19-41(49)42-20-6-12-26-50(42)59)45-23-9-15-29-55(45)63-35-39-17-3-4-18-40(39)36-64-56-30-16-10-24-46(56)48-32-38(2)34-54(58(48)62)60-51-27-13-7-21-43(51)44-22-8-14-28-52(44)60;;;/h5-16,19-34,39-40,61-62H,3-4,17-18,35-36H2,1-2H3;2*1H3;/q;2*-1;/t39-,40?;;;/m0.../s1. The first-order valence-electron chi connectivity index (χ1n) is 22.5. The fourth-order valence-corrected chi connectivity index (χ4v) is 10.4. The van der Waals surface area contributed by atoms with Crippen LogP contribution in [0.4, 0.5) is 0 Å². The van der Waals surface area contributed by atoms with Gasteiger partial charge in [0, 0.05) is 69.6 Å². The molecule has 8 aromatic carbocycles. The van der Waals surface area contributed by atoms with E-state index in [2.05, 4.69) is 144 Å². The van der Waals surface area contributed by atoms with Crippen molar-refractivity contribution in [2.75, 3.05) is 13.2 Å². The van der Waals surface area contributed by atoms with Crippen molar-refractivity contribution in [3.05, 3.63) is 196 Å². The zero-order valence-corrected chi connectivity index (χ0v) is 42.3. The quantitative estimate of drug-likeness (QED) is 0.106. The number of aryl methyl sites for hydroxylation is 2. The molecular weight excluding hydrogens is 991 g/mol. The van der Waals surface area contributed by atoms with Crippen LogP contribution in [0.25, 0.3) is 77.2 Å². The van der Waals surface area contributed by atoms with E-state index in [1.54, 1.807) is 0 Å². The molecule has 1 aliphatic carbocycles. The monoisotopic (exact) mass is 1050 g/mol. The van der Waals surface area contributed by atoms with Gasteiger partial charge in [-0.1, -0.05) is 122 Å². The van der Waals surface area contributed by atoms with Crippen molar-refractivity contribution < 1.29 is 45.5 Å². The molecular formula is C60H56HfN2O4-2. The van der Waals surface area contributed by atoms with E-state index in [4.69, 9.17) is 9.47 Å². The predicted octanol–water partition coefficient (Wildman–Crippen LogP) is 15.4. The molecule has 10 aromatic rings.